The number of aryl methyl sites for hydroxylation is 1. The van der Waals surface area contributed by atoms with E-state index in [2.05, 4.69) is 15.5 Å². The highest BCUT2D eigenvalue weighted by molar-refractivity contribution is 7.99. The molecule has 0 saturated heterocycles. The molecule has 0 aliphatic carbocycles. The molecule has 0 aliphatic heterocycles. The number of nitrogen functional groups attached to an aromatic ring is 1. The normalized spacial score (nSPS) is 12.1. The maximum Gasteiger partial charge on any atom is 0.294 e. The molecule has 0 bridgehead atoms. The third-order valence-electron chi connectivity index (χ3n) is 2.70. The molecule has 1 atom stereocenters. The van der Waals surface area contributed by atoms with Gasteiger partial charge < -0.3 is 11.2 Å². The van der Waals surface area contributed by atoms with Crippen LogP contribution < -0.4 is 16.7 Å². The quantitative estimate of drug-likeness (QED) is 0.619. The lowest BCUT2D eigenvalue weighted by Gasteiger charge is -2.12. The molecule has 0 radical (unpaired) electrons. The summed E-state index contributed by atoms with van der Waals surface area (Å²) in [4.78, 5) is 24.6. The van der Waals surface area contributed by atoms with E-state index in [1.807, 2.05) is 24.4 Å². The highest BCUT2D eigenvalue weighted by Crippen LogP contribution is 2.18. The molecule has 0 spiro atoms. The molecule has 0 fully saturated rings. The molecule has 7 nitrogen and oxygen atoms in total. The molecule has 9 heteroatoms. The number of carbonyl (C=O) groups is 1. The summed E-state index contributed by atoms with van der Waals surface area (Å²) < 4.78 is 0.906. The molecule has 1 amide bonds. The van der Waals surface area contributed by atoms with Crippen LogP contribution >= 0.6 is 23.1 Å². The highest BCUT2D eigenvalue weighted by Gasteiger charge is 2.13. The van der Waals surface area contributed by atoms with Crippen molar-refractivity contribution < 1.29 is 4.79 Å². The number of nitrogens with zero attached hydrogens (tertiary/aromatic N) is 3. The standard InChI is InChI=1S/C12H15N5O2S2/c1-7(9-4-3-5-20-9)14-10(18)6-21-12-16-15-8(2)11(19)17(12)13/h3-5,7H,6,13H2,1-2H3,(H,14,18)/t7-/m0/s1. The molecule has 0 aliphatic rings. The van der Waals surface area contributed by atoms with Crippen molar-refractivity contribution in [3.63, 3.8) is 0 Å². The van der Waals surface area contributed by atoms with E-state index in [9.17, 15) is 9.59 Å². The van der Waals surface area contributed by atoms with E-state index in [-0.39, 0.29) is 28.6 Å². The Balaban J connectivity index is 1.93. The fraction of sp³-hybridized carbons (Fsp3) is 0.333. The Labute approximate surface area is 129 Å². The third-order valence-corrected chi connectivity index (χ3v) is 4.70. The first-order valence-corrected chi connectivity index (χ1v) is 8.02. The number of aromatic nitrogens is 3. The number of nitrogens with one attached hydrogen (secondary N) is 1. The van der Waals surface area contributed by atoms with Crippen LogP contribution in [0.25, 0.3) is 0 Å². The zero-order valence-corrected chi connectivity index (χ0v) is 13.2. The Hall–Kier alpha value is -1.87. The predicted molar refractivity (Wildman–Crippen MR) is 82.8 cm³/mol. The highest BCUT2D eigenvalue weighted by atomic mass is 32.2. The lowest BCUT2D eigenvalue weighted by atomic mass is 10.3. The Morgan fingerprint density at radius 3 is 3.00 bits per heavy atom. The van der Waals surface area contributed by atoms with E-state index in [1.165, 1.54) is 6.92 Å². The van der Waals surface area contributed by atoms with Crippen LogP contribution in [-0.4, -0.2) is 26.5 Å². The van der Waals surface area contributed by atoms with Crippen molar-refractivity contribution in [3.8, 4) is 0 Å². The Kier molecular flexibility index (Phi) is 4.97. The van der Waals surface area contributed by atoms with Gasteiger partial charge in [-0.05, 0) is 25.3 Å². The van der Waals surface area contributed by atoms with Gasteiger partial charge in [0.1, 0.15) is 5.69 Å². The summed E-state index contributed by atoms with van der Waals surface area (Å²) in [6.07, 6.45) is 0. The minimum absolute atomic E-state index is 0.0535. The van der Waals surface area contributed by atoms with Gasteiger partial charge in [0.05, 0.1) is 11.8 Å². The summed E-state index contributed by atoms with van der Waals surface area (Å²) in [5, 5.41) is 12.6. The molecule has 2 rings (SSSR count). The number of thiophene rings is 1. The van der Waals surface area contributed by atoms with Gasteiger partial charge in [-0.25, -0.2) is 0 Å². The zero-order valence-electron chi connectivity index (χ0n) is 11.6. The van der Waals surface area contributed by atoms with Crippen LogP contribution in [0.3, 0.4) is 0 Å². The zero-order chi connectivity index (χ0) is 15.4. The molecule has 0 aromatic carbocycles. The maximum atomic E-state index is 11.9. The van der Waals surface area contributed by atoms with Gasteiger partial charge in [-0.15, -0.1) is 21.5 Å². The summed E-state index contributed by atoms with van der Waals surface area (Å²) in [5.41, 5.74) is -0.197. The fourth-order valence-electron chi connectivity index (χ4n) is 1.59. The lowest BCUT2D eigenvalue weighted by Crippen LogP contribution is -2.33. The van der Waals surface area contributed by atoms with Crippen LogP contribution in [0.5, 0.6) is 0 Å². The molecule has 0 unspecified atom stereocenters. The molecule has 0 saturated carbocycles. The van der Waals surface area contributed by atoms with Gasteiger partial charge in [-0.3, -0.25) is 9.59 Å². The SMILES string of the molecule is Cc1nnc(SCC(=O)N[C@@H](C)c2cccs2)n(N)c1=O. The van der Waals surface area contributed by atoms with Gasteiger partial charge in [-0.2, -0.15) is 4.68 Å². The van der Waals surface area contributed by atoms with Gasteiger partial charge in [0, 0.05) is 4.88 Å². The van der Waals surface area contributed by atoms with Crippen molar-refractivity contribution in [1.29, 1.82) is 0 Å². The number of hydrogen-bond donors (Lipinski definition) is 2. The monoisotopic (exact) mass is 325 g/mol. The Bertz CT molecular complexity index is 683. The first kappa shape index (κ1) is 15.5. The number of carbonyl (C=O) groups excluding carboxylic acids is 1. The minimum atomic E-state index is -0.417. The van der Waals surface area contributed by atoms with Gasteiger partial charge in [0.2, 0.25) is 11.1 Å². The van der Waals surface area contributed by atoms with E-state index in [0.717, 1.165) is 21.3 Å². The van der Waals surface area contributed by atoms with Crippen LogP contribution in [0.2, 0.25) is 0 Å². The fourth-order valence-corrected chi connectivity index (χ4v) is 2.99. The minimum Gasteiger partial charge on any atom is -0.348 e. The Morgan fingerprint density at radius 2 is 2.33 bits per heavy atom. The molecule has 2 aromatic rings. The molecular formula is C12H15N5O2S2. The van der Waals surface area contributed by atoms with E-state index in [1.54, 1.807) is 11.3 Å². The topological polar surface area (TPSA) is 103 Å². The smallest absolute Gasteiger partial charge is 0.294 e. The van der Waals surface area contributed by atoms with Crippen molar-refractivity contribution >= 4 is 29.0 Å². The average molecular weight is 325 g/mol. The molecule has 2 heterocycles. The summed E-state index contributed by atoms with van der Waals surface area (Å²) in [6, 6.07) is 3.85. The van der Waals surface area contributed by atoms with Gasteiger partial charge in [0.15, 0.2) is 0 Å². The summed E-state index contributed by atoms with van der Waals surface area (Å²) in [5.74, 6) is 5.56. The van der Waals surface area contributed by atoms with Crippen LogP contribution in [-0.2, 0) is 4.79 Å². The maximum absolute atomic E-state index is 11.9. The number of thioether (sulfide) groups is 1. The number of nitrogens with two attached hydrogens (primary N) is 1. The van der Waals surface area contributed by atoms with Crippen molar-refractivity contribution in [2.45, 2.75) is 25.0 Å². The first-order valence-electron chi connectivity index (χ1n) is 6.16. The molecule has 3 N–H and O–H groups in total. The van der Waals surface area contributed by atoms with Crippen molar-refractivity contribution in [2.24, 2.45) is 0 Å². The van der Waals surface area contributed by atoms with Crippen LogP contribution in [0, 0.1) is 6.92 Å². The molecule has 2 aromatic heterocycles. The average Bonchev–Trinajstić information content (AvgIpc) is 2.98. The summed E-state index contributed by atoms with van der Waals surface area (Å²) in [6.45, 7) is 3.45. The third kappa shape index (κ3) is 3.82. The summed E-state index contributed by atoms with van der Waals surface area (Å²) in [7, 11) is 0. The van der Waals surface area contributed by atoms with Crippen LogP contribution in [0.15, 0.2) is 27.5 Å². The van der Waals surface area contributed by atoms with E-state index in [0.29, 0.717) is 0 Å². The number of amides is 1. The number of hydrogen-bond acceptors (Lipinski definition) is 7. The van der Waals surface area contributed by atoms with Crippen molar-refractivity contribution in [3.05, 3.63) is 38.4 Å². The van der Waals surface area contributed by atoms with Gasteiger partial charge in [0.25, 0.3) is 5.56 Å². The predicted octanol–water partition coefficient (Wildman–Crippen LogP) is 0.692. The first-order chi connectivity index (χ1) is 9.99. The van der Waals surface area contributed by atoms with Gasteiger partial charge in [-0.1, -0.05) is 17.8 Å². The number of rotatable bonds is 5. The molecule has 21 heavy (non-hydrogen) atoms. The van der Waals surface area contributed by atoms with Crippen molar-refractivity contribution in [2.75, 3.05) is 11.6 Å². The van der Waals surface area contributed by atoms with Crippen LogP contribution in [0.4, 0.5) is 0 Å². The molecule has 112 valence electrons. The second kappa shape index (κ2) is 6.72. The van der Waals surface area contributed by atoms with Gasteiger partial charge >= 0.3 is 0 Å². The van der Waals surface area contributed by atoms with E-state index in [4.69, 9.17) is 5.84 Å². The second-order valence-corrected chi connectivity index (χ2v) is 6.26. The molecular weight excluding hydrogens is 310 g/mol. The summed E-state index contributed by atoms with van der Waals surface area (Å²) >= 11 is 2.66. The second-order valence-electron chi connectivity index (χ2n) is 4.34. The van der Waals surface area contributed by atoms with Crippen LogP contribution in [0.1, 0.15) is 23.5 Å². The van der Waals surface area contributed by atoms with E-state index >= 15 is 0 Å². The largest absolute Gasteiger partial charge is 0.348 e. The lowest BCUT2D eigenvalue weighted by molar-refractivity contribution is -0.119. The van der Waals surface area contributed by atoms with Crippen molar-refractivity contribution in [1.82, 2.24) is 20.2 Å². The van der Waals surface area contributed by atoms with E-state index < -0.39 is 5.56 Å². The Morgan fingerprint density at radius 1 is 1.57 bits per heavy atom.